The Hall–Kier alpha value is -6.21. The zero-order chi connectivity index (χ0) is 40.8. The lowest BCUT2D eigenvalue weighted by molar-refractivity contribution is -0.142. The van der Waals surface area contributed by atoms with Crippen molar-refractivity contribution in [2.45, 2.75) is 37.3 Å². The van der Waals surface area contributed by atoms with Crippen LogP contribution in [0.2, 0.25) is 5.02 Å². The van der Waals surface area contributed by atoms with E-state index in [0.717, 1.165) is 32.0 Å². The number of aromatic nitrogens is 1. The van der Waals surface area contributed by atoms with Crippen molar-refractivity contribution in [3.8, 4) is 5.75 Å². The van der Waals surface area contributed by atoms with Gasteiger partial charge in [0.2, 0.25) is 0 Å². The Morgan fingerprint density at radius 3 is 2.29 bits per heavy atom. The Kier molecular flexibility index (Phi) is 8.66. The highest BCUT2D eigenvalue weighted by atomic mass is 35.5. The Labute approximate surface area is 335 Å². The summed E-state index contributed by atoms with van der Waals surface area (Å²) in [5.74, 6) is -7.90. The number of aryl methyl sites for hydroxylation is 1. The minimum Gasteiger partial charge on any atom is -0.507 e. The van der Waals surface area contributed by atoms with E-state index in [0.29, 0.717) is 33.8 Å². The van der Waals surface area contributed by atoms with Gasteiger partial charge in [0, 0.05) is 23.9 Å². The summed E-state index contributed by atoms with van der Waals surface area (Å²) in [7, 11) is 1.25. The van der Waals surface area contributed by atoms with Crippen molar-refractivity contribution in [3.05, 3.63) is 142 Å². The number of hydrazine groups is 2. The first-order chi connectivity index (χ1) is 27.7. The molecule has 4 aliphatic rings. The fraction of sp³-hybridized carbons (Fsp3) is 0.250. The number of halogens is 4. The van der Waals surface area contributed by atoms with Gasteiger partial charge in [-0.15, -0.1) is 0 Å². The number of fused-ring (bicyclic) bond motifs is 5. The Balaban J connectivity index is 1.22. The Morgan fingerprint density at radius 1 is 0.862 bits per heavy atom. The first kappa shape index (κ1) is 37.4. The number of hydrogen-bond donors (Lipinski definition) is 2. The van der Waals surface area contributed by atoms with E-state index in [4.69, 9.17) is 11.6 Å². The number of carbonyl (C=O) groups is 4. The van der Waals surface area contributed by atoms with E-state index in [1.165, 1.54) is 7.05 Å². The number of carbonyl (C=O) groups excluding carboxylic acids is 4. The molecule has 2 aliphatic heterocycles. The number of aromatic hydroxyl groups is 1. The van der Waals surface area contributed by atoms with E-state index in [1.54, 1.807) is 60.7 Å². The van der Waals surface area contributed by atoms with Gasteiger partial charge in [0.05, 0.1) is 33.9 Å². The fourth-order valence-electron chi connectivity index (χ4n) is 9.79. The number of imide groups is 2. The summed E-state index contributed by atoms with van der Waals surface area (Å²) >= 11 is 6.33. The minimum atomic E-state index is -4.82. The van der Waals surface area contributed by atoms with Crippen molar-refractivity contribution in [2.75, 3.05) is 17.5 Å². The van der Waals surface area contributed by atoms with Crippen molar-refractivity contribution in [1.82, 2.24) is 15.0 Å². The molecule has 58 heavy (non-hydrogen) atoms. The number of pyridine rings is 1. The van der Waals surface area contributed by atoms with E-state index >= 15 is 4.79 Å². The number of allylic oxidation sites excluding steroid dienone is 2. The summed E-state index contributed by atoms with van der Waals surface area (Å²) in [4.78, 5) is 63.1. The lowest BCUT2D eigenvalue weighted by atomic mass is 9.49. The molecule has 0 spiro atoms. The molecule has 4 amide bonds. The van der Waals surface area contributed by atoms with E-state index in [1.807, 2.05) is 43.3 Å². The monoisotopic (exact) mass is 805 g/mol. The SMILES string of the molecule is Cc1ccc(NN2C(=O)[C@@H]3C[C@@H]4C(=CC[C@@H]5C(=O)N(N(C)c6nc(C(F)(F)F)ccc6Cl)C(=O)[C@@H]54)[C@H](c4ccc5ccccc5c4O)[C@]3(c3ccccc3)C2=O)cc1. The average Bonchev–Trinajstić information content (AvgIpc) is 3.59. The van der Waals surface area contributed by atoms with Crippen molar-refractivity contribution in [3.63, 3.8) is 0 Å². The number of phenols is 1. The molecule has 3 fully saturated rings. The summed E-state index contributed by atoms with van der Waals surface area (Å²) in [5, 5.41) is 16.0. The molecule has 5 aromatic rings. The molecule has 6 atom stereocenters. The second-order valence-corrected chi connectivity index (χ2v) is 15.7. The van der Waals surface area contributed by atoms with Gasteiger partial charge in [-0.3, -0.25) is 29.6 Å². The molecule has 2 aliphatic carbocycles. The number of amides is 4. The van der Waals surface area contributed by atoms with Gasteiger partial charge in [-0.1, -0.05) is 108 Å². The van der Waals surface area contributed by atoms with Crippen LogP contribution in [0.4, 0.5) is 24.7 Å². The van der Waals surface area contributed by atoms with Crippen molar-refractivity contribution < 1.29 is 37.5 Å². The van der Waals surface area contributed by atoms with Crippen LogP contribution in [-0.4, -0.2) is 50.8 Å². The minimum absolute atomic E-state index is 0.0253. The standard InChI is InChI=1S/C44H35ClF3N5O5/c1-23-12-15-26(16-13-23)50-52-40(56)32-22-31-28(18-19-29-35(31)41(57)53(39(29)55)51(2)38-33(45)20-21-34(49-38)44(46,47)48)36(43(32,42(52)58)25-9-4-3-5-10-25)30-17-14-24-8-6-7-11-27(24)37(30)54/h3-18,20-21,29,31-32,35-36,50,54H,19,22H2,1-2H3/t29-,31+,32-,35-,36+,43+/m0/s1. The molecule has 294 valence electrons. The number of anilines is 2. The number of phenolic OH excluding ortho intramolecular Hbond substituents is 1. The number of alkyl halides is 3. The van der Waals surface area contributed by atoms with Gasteiger partial charge in [-0.05, 0) is 60.9 Å². The highest BCUT2D eigenvalue weighted by Crippen LogP contribution is 2.65. The molecule has 0 radical (unpaired) electrons. The van der Waals surface area contributed by atoms with E-state index < -0.39 is 76.3 Å². The predicted molar refractivity (Wildman–Crippen MR) is 209 cm³/mol. The largest absolute Gasteiger partial charge is 0.507 e. The molecule has 3 heterocycles. The zero-order valence-electron chi connectivity index (χ0n) is 31.1. The van der Waals surface area contributed by atoms with Crippen LogP contribution in [0.25, 0.3) is 10.8 Å². The molecule has 9 rings (SSSR count). The third-order valence-electron chi connectivity index (χ3n) is 12.3. The molecule has 1 aromatic heterocycles. The summed E-state index contributed by atoms with van der Waals surface area (Å²) in [6.07, 6.45) is -2.97. The normalized spacial score (nSPS) is 25.4. The number of rotatable bonds is 6. The van der Waals surface area contributed by atoms with Gasteiger partial charge in [0.25, 0.3) is 23.6 Å². The second-order valence-electron chi connectivity index (χ2n) is 15.3. The summed E-state index contributed by atoms with van der Waals surface area (Å²) < 4.78 is 41.2. The van der Waals surface area contributed by atoms with E-state index in [9.17, 15) is 32.7 Å². The van der Waals surface area contributed by atoms with Gasteiger partial charge in [0.15, 0.2) is 5.82 Å². The highest BCUT2D eigenvalue weighted by molar-refractivity contribution is 6.33. The number of nitrogens with zero attached hydrogens (tertiary/aromatic N) is 4. The molecule has 1 saturated carbocycles. The van der Waals surface area contributed by atoms with Gasteiger partial charge in [-0.2, -0.15) is 23.2 Å². The lowest BCUT2D eigenvalue weighted by Gasteiger charge is -2.50. The molecule has 14 heteroatoms. The lowest BCUT2D eigenvalue weighted by Crippen LogP contribution is -2.53. The van der Waals surface area contributed by atoms with Crippen LogP contribution >= 0.6 is 11.6 Å². The maximum absolute atomic E-state index is 15.4. The number of benzene rings is 4. The molecular formula is C44H35ClF3N5O5. The fourth-order valence-corrected chi connectivity index (χ4v) is 10.0. The quantitative estimate of drug-likeness (QED) is 0.131. The molecule has 10 nitrogen and oxygen atoms in total. The molecule has 4 aromatic carbocycles. The summed E-state index contributed by atoms with van der Waals surface area (Å²) in [6.45, 7) is 1.91. The highest BCUT2D eigenvalue weighted by Gasteiger charge is 2.71. The summed E-state index contributed by atoms with van der Waals surface area (Å²) in [5.41, 5.74) is 3.15. The third-order valence-corrected chi connectivity index (χ3v) is 12.6. The van der Waals surface area contributed by atoms with Crippen LogP contribution in [0.15, 0.2) is 115 Å². The van der Waals surface area contributed by atoms with Gasteiger partial charge in [0.1, 0.15) is 11.4 Å². The van der Waals surface area contributed by atoms with Crippen molar-refractivity contribution in [2.24, 2.45) is 23.7 Å². The van der Waals surface area contributed by atoms with Gasteiger partial charge < -0.3 is 5.11 Å². The molecule has 2 N–H and O–H groups in total. The Bertz CT molecular complexity index is 2580. The van der Waals surface area contributed by atoms with Crippen LogP contribution in [0.5, 0.6) is 5.75 Å². The molecule has 2 saturated heterocycles. The molecule has 0 unspecified atom stereocenters. The second kappa shape index (κ2) is 13.4. The number of nitrogens with one attached hydrogen (secondary N) is 1. The van der Waals surface area contributed by atoms with Crippen LogP contribution in [-0.2, 0) is 30.8 Å². The van der Waals surface area contributed by atoms with Crippen LogP contribution in [0.1, 0.15) is 41.1 Å². The maximum Gasteiger partial charge on any atom is 0.433 e. The van der Waals surface area contributed by atoms with Crippen molar-refractivity contribution >= 4 is 57.5 Å². The van der Waals surface area contributed by atoms with Crippen LogP contribution in [0.3, 0.4) is 0 Å². The molecular weight excluding hydrogens is 771 g/mol. The van der Waals surface area contributed by atoms with Gasteiger partial charge in [-0.25, -0.2) is 4.98 Å². The first-order valence-electron chi connectivity index (χ1n) is 18.8. The Morgan fingerprint density at radius 2 is 1.57 bits per heavy atom. The topological polar surface area (TPSA) is 123 Å². The average molecular weight is 806 g/mol. The third kappa shape index (κ3) is 5.43. The number of hydrogen-bond acceptors (Lipinski definition) is 8. The van der Waals surface area contributed by atoms with E-state index in [-0.39, 0.29) is 23.6 Å². The maximum atomic E-state index is 15.4. The van der Waals surface area contributed by atoms with Crippen LogP contribution in [0, 0.1) is 30.6 Å². The van der Waals surface area contributed by atoms with Crippen molar-refractivity contribution in [1.29, 1.82) is 0 Å². The predicted octanol–water partition coefficient (Wildman–Crippen LogP) is 7.96. The first-order valence-corrected chi connectivity index (χ1v) is 19.1. The zero-order valence-corrected chi connectivity index (χ0v) is 31.8. The molecule has 0 bridgehead atoms. The summed E-state index contributed by atoms with van der Waals surface area (Å²) in [6, 6.07) is 28.7. The van der Waals surface area contributed by atoms with Gasteiger partial charge >= 0.3 is 6.18 Å². The van der Waals surface area contributed by atoms with E-state index in [2.05, 4.69) is 10.4 Å². The smallest absolute Gasteiger partial charge is 0.433 e. The van der Waals surface area contributed by atoms with Crippen LogP contribution < -0.4 is 10.4 Å².